The molecule has 0 unspecified atom stereocenters. The van der Waals surface area contributed by atoms with Crippen LogP contribution in [0.1, 0.15) is 12.5 Å². The largest absolute Gasteiger partial charge is 0.495 e. The van der Waals surface area contributed by atoms with Crippen LogP contribution in [0.3, 0.4) is 0 Å². The molecule has 11 heteroatoms. The molecule has 0 heterocycles. The predicted octanol–water partition coefficient (Wildman–Crippen LogP) is 3.36. The summed E-state index contributed by atoms with van der Waals surface area (Å²) in [5.41, 5.74) is 0.795. The van der Waals surface area contributed by atoms with E-state index in [1.54, 1.807) is 6.92 Å². The molecule has 0 aliphatic rings. The number of nitro groups is 1. The molecule has 2 aromatic carbocycles. The van der Waals surface area contributed by atoms with Gasteiger partial charge in [-0.15, -0.1) is 0 Å². The molecule has 0 spiro atoms. The van der Waals surface area contributed by atoms with Gasteiger partial charge in [-0.25, -0.2) is 8.42 Å². The first kappa shape index (κ1) is 22.4. The number of carbonyl (C=O) groups excluding carboxylic acids is 1. The van der Waals surface area contributed by atoms with Gasteiger partial charge in [0.1, 0.15) is 11.8 Å². The minimum absolute atomic E-state index is 0.178. The Morgan fingerprint density at radius 2 is 1.93 bits per heavy atom. The van der Waals surface area contributed by atoms with Gasteiger partial charge < -0.3 is 10.1 Å². The van der Waals surface area contributed by atoms with Crippen molar-refractivity contribution in [2.75, 3.05) is 23.0 Å². The Hall–Kier alpha value is -2.85. The monoisotopic (exact) mass is 441 g/mol. The minimum atomic E-state index is -3.86. The minimum Gasteiger partial charge on any atom is -0.495 e. The molecular formula is C18H20ClN3O6S. The number of sulfonamides is 1. The fourth-order valence-electron chi connectivity index (χ4n) is 2.70. The molecule has 1 N–H and O–H groups in total. The van der Waals surface area contributed by atoms with Crippen molar-refractivity contribution in [3.8, 4) is 5.75 Å². The number of anilines is 2. The third-order valence-electron chi connectivity index (χ3n) is 4.17. The van der Waals surface area contributed by atoms with Gasteiger partial charge in [0.05, 0.1) is 34.7 Å². The molecule has 1 amide bonds. The Balaban J connectivity index is 2.39. The predicted molar refractivity (Wildman–Crippen MR) is 111 cm³/mol. The molecular weight excluding hydrogens is 422 g/mol. The van der Waals surface area contributed by atoms with E-state index in [2.05, 4.69) is 5.32 Å². The van der Waals surface area contributed by atoms with Crippen LogP contribution in [-0.2, 0) is 14.8 Å². The van der Waals surface area contributed by atoms with Gasteiger partial charge in [0.2, 0.25) is 15.9 Å². The van der Waals surface area contributed by atoms with Crippen molar-refractivity contribution in [1.82, 2.24) is 0 Å². The number of hydrogen-bond donors (Lipinski definition) is 1. The van der Waals surface area contributed by atoms with Gasteiger partial charge in [0, 0.05) is 12.1 Å². The van der Waals surface area contributed by atoms with E-state index in [0.29, 0.717) is 11.3 Å². The number of nitro benzene ring substituents is 1. The highest BCUT2D eigenvalue weighted by Crippen LogP contribution is 2.31. The van der Waals surface area contributed by atoms with Gasteiger partial charge in [-0.05, 0) is 37.6 Å². The van der Waals surface area contributed by atoms with Crippen LogP contribution in [0, 0.1) is 17.0 Å². The van der Waals surface area contributed by atoms with Crippen LogP contribution in [0.4, 0.5) is 17.1 Å². The number of methoxy groups -OCH3 is 1. The summed E-state index contributed by atoms with van der Waals surface area (Å²) in [4.78, 5) is 23.2. The van der Waals surface area contributed by atoms with E-state index >= 15 is 0 Å². The lowest BCUT2D eigenvalue weighted by Gasteiger charge is -2.28. The molecule has 0 bridgehead atoms. The number of aryl methyl sites for hydroxylation is 1. The summed E-state index contributed by atoms with van der Waals surface area (Å²) in [6.07, 6.45) is 0.966. The first-order chi connectivity index (χ1) is 13.5. The van der Waals surface area contributed by atoms with E-state index in [1.165, 1.54) is 50.4 Å². The summed E-state index contributed by atoms with van der Waals surface area (Å²) in [6.45, 7) is 3.07. The Morgan fingerprint density at radius 1 is 1.28 bits per heavy atom. The fraction of sp³-hybridized carbons (Fsp3) is 0.278. The van der Waals surface area contributed by atoms with E-state index in [0.717, 1.165) is 10.6 Å². The maximum absolute atomic E-state index is 12.8. The summed E-state index contributed by atoms with van der Waals surface area (Å²) < 4.78 is 30.8. The standard InChI is InChI=1S/C18H20ClN3O6S/c1-11-5-6-14(22(24)25)10-16(11)20-18(23)12(2)21(29(4,26)27)13-7-8-17(28-3)15(19)9-13/h5-10,12H,1-4H3,(H,20,23)/t12-/m1/s1. The second kappa shape index (κ2) is 8.66. The zero-order chi connectivity index (χ0) is 21.9. The summed E-state index contributed by atoms with van der Waals surface area (Å²) >= 11 is 6.09. The molecule has 9 nitrogen and oxygen atoms in total. The number of non-ortho nitro benzene ring substituents is 1. The maximum atomic E-state index is 12.8. The third kappa shape index (κ3) is 5.15. The molecule has 0 aliphatic heterocycles. The quantitative estimate of drug-likeness (QED) is 0.519. The zero-order valence-electron chi connectivity index (χ0n) is 16.2. The number of benzene rings is 2. The fourth-order valence-corrected chi connectivity index (χ4v) is 4.12. The number of ether oxygens (including phenoxy) is 1. The van der Waals surface area contributed by atoms with E-state index < -0.39 is 26.9 Å². The van der Waals surface area contributed by atoms with Crippen LogP contribution in [0.2, 0.25) is 5.02 Å². The number of halogens is 1. The normalized spacial score (nSPS) is 12.2. The lowest BCUT2D eigenvalue weighted by Crippen LogP contribution is -2.45. The van der Waals surface area contributed by atoms with Crippen LogP contribution >= 0.6 is 11.6 Å². The van der Waals surface area contributed by atoms with Crippen LogP contribution < -0.4 is 14.4 Å². The summed E-state index contributed by atoms with van der Waals surface area (Å²) in [6, 6.07) is 7.21. The van der Waals surface area contributed by atoms with Gasteiger partial charge >= 0.3 is 0 Å². The molecule has 2 aromatic rings. The van der Waals surface area contributed by atoms with Crippen LogP contribution in [0.5, 0.6) is 5.75 Å². The Labute approximate surface area is 173 Å². The Bertz CT molecular complexity index is 1060. The Kier molecular flexibility index (Phi) is 6.70. The van der Waals surface area contributed by atoms with E-state index in [-0.39, 0.29) is 22.1 Å². The first-order valence-corrected chi connectivity index (χ1v) is 10.6. The van der Waals surface area contributed by atoms with Crippen molar-refractivity contribution < 1.29 is 22.9 Å². The SMILES string of the molecule is COc1ccc(N([C@H](C)C(=O)Nc2cc([N+](=O)[O-])ccc2C)S(C)(=O)=O)cc1Cl. The molecule has 0 aromatic heterocycles. The number of nitrogens with zero attached hydrogens (tertiary/aromatic N) is 2. The molecule has 156 valence electrons. The molecule has 2 rings (SSSR count). The Morgan fingerprint density at radius 3 is 2.45 bits per heavy atom. The second-order valence-corrected chi connectivity index (χ2v) is 8.57. The van der Waals surface area contributed by atoms with Crippen LogP contribution in [-0.4, -0.2) is 38.7 Å². The number of carbonyl (C=O) groups is 1. The summed E-state index contributed by atoms with van der Waals surface area (Å²) in [5, 5.41) is 13.7. The van der Waals surface area contributed by atoms with E-state index in [9.17, 15) is 23.3 Å². The number of hydrogen-bond acceptors (Lipinski definition) is 6. The lowest BCUT2D eigenvalue weighted by atomic mass is 10.1. The number of rotatable bonds is 7. The van der Waals surface area contributed by atoms with Crippen molar-refractivity contribution in [2.45, 2.75) is 19.9 Å². The first-order valence-electron chi connectivity index (χ1n) is 8.34. The molecule has 0 fully saturated rings. The topological polar surface area (TPSA) is 119 Å². The van der Waals surface area contributed by atoms with Gasteiger partial charge in [-0.1, -0.05) is 17.7 Å². The highest BCUT2D eigenvalue weighted by molar-refractivity contribution is 7.92. The van der Waals surface area contributed by atoms with Gasteiger partial charge in [-0.2, -0.15) is 0 Å². The molecule has 0 aliphatic carbocycles. The van der Waals surface area contributed by atoms with E-state index in [4.69, 9.17) is 16.3 Å². The van der Waals surface area contributed by atoms with Gasteiger partial charge in [0.25, 0.3) is 5.69 Å². The summed E-state index contributed by atoms with van der Waals surface area (Å²) in [7, 11) is -2.43. The van der Waals surface area contributed by atoms with Crippen LogP contribution in [0.25, 0.3) is 0 Å². The second-order valence-electron chi connectivity index (χ2n) is 6.30. The van der Waals surface area contributed by atoms with E-state index in [1.807, 2.05) is 0 Å². The summed E-state index contributed by atoms with van der Waals surface area (Å²) in [5.74, 6) is -0.306. The molecule has 0 saturated carbocycles. The van der Waals surface area contributed by atoms with Crippen molar-refractivity contribution in [1.29, 1.82) is 0 Å². The molecule has 29 heavy (non-hydrogen) atoms. The van der Waals surface area contributed by atoms with Crippen molar-refractivity contribution >= 4 is 44.6 Å². The van der Waals surface area contributed by atoms with Gasteiger partial charge in [0.15, 0.2) is 0 Å². The van der Waals surface area contributed by atoms with Crippen molar-refractivity contribution in [2.24, 2.45) is 0 Å². The molecule has 0 saturated heterocycles. The molecule has 1 atom stereocenters. The third-order valence-corrected chi connectivity index (χ3v) is 5.71. The smallest absolute Gasteiger partial charge is 0.271 e. The highest BCUT2D eigenvalue weighted by Gasteiger charge is 2.30. The number of amides is 1. The van der Waals surface area contributed by atoms with Crippen molar-refractivity contribution in [3.05, 3.63) is 57.1 Å². The maximum Gasteiger partial charge on any atom is 0.271 e. The van der Waals surface area contributed by atoms with Crippen LogP contribution in [0.15, 0.2) is 36.4 Å². The molecule has 0 radical (unpaired) electrons. The van der Waals surface area contributed by atoms with Crippen molar-refractivity contribution in [3.63, 3.8) is 0 Å². The van der Waals surface area contributed by atoms with Gasteiger partial charge in [-0.3, -0.25) is 19.2 Å². The average molecular weight is 442 g/mol. The number of nitrogens with one attached hydrogen (secondary N) is 1. The highest BCUT2D eigenvalue weighted by atomic mass is 35.5. The zero-order valence-corrected chi connectivity index (χ0v) is 17.7. The average Bonchev–Trinajstić information content (AvgIpc) is 2.62. The lowest BCUT2D eigenvalue weighted by molar-refractivity contribution is -0.384.